The van der Waals surface area contributed by atoms with Crippen LogP contribution in [0.25, 0.3) is 0 Å². The van der Waals surface area contributed by atoms with Crippen LogP contribution in [-0.4, -0.2) is 25.8 Å². The van der Waals surface area contributed by atoms with Crippen LogP contribution in [0.2, 0.25) is 0 Å². The maximum atomic E-state index is 9.01. The Balaban J connectivity index is 2.28. The maximum Gasteiger partial charge on any atom is 0.140 e. The van der Waals surface area contributed by atoms with Crippen molar-refractivity contribution in [2.24, 2.45) is 0 Å². The van der Waals surface area contributed by atoms with Gasteiger partial charge in [0.1, 0.15) is 6.04 Å². The molecular weight excluding hydrogens is 202 g/mol. The molecule has 16 heavy (non-hydrogen) atoms. The van der Waals surface area contributed by atoms with Gasteiger partial charge in [0.2, 0.25) is 0 Å². The first-order chi connectivity index (χ1) is 7.85. The molecule has 0 bridgehead atoms. The number of benzene rings is 1. The summed E-state index contributed by atoms with van der Waals surface area (Å²) in [7, 11) is 0. The Morgan fingerprint density at radius 1 is 1.38 bits per heavy atom. The van der Waals surface area contributed by atoms with Gasteiger partial charge in [0.25, 0.3) is 0 Å². The number of morpholine rings is 1. The van der Waals surface area contributed by atoms with E-state index < -0.39 is 0 Å². The molecule has 1 fully saturated rings. The van der Waals surface area contributed by atoms with E-state index in [9.17, 15) is 0 Å². The highest BCUT2D eigenvalue weighted by Gasteiger charge is 2.22. The highest BCUT2D eigenvalue weighted by atomic mass is 16.5. The molecule has 0 N–H and O–H groups in total. The van der Waals surface area contributed by atoms with E-state index in [0.29, 0.717) is 25.3 Å². The van der Waals surface area contributed by atoms with Gasteiger partial charge < -0.3 is 9.64 Å². The average Bonchev–Trinajstić information content (AvgIpc) is 2.38. The topological polar surface area (TPSA) is 60.1 Å². The summed E-state index contributed by atoms with van der Waals surface area (Å²) in [6, 6.07) is 11.3. The molecule has 0 saturated carbocycles. The molecular formula is C12H11N3O. The van der Waals surface area contributed by atoms with E-state index in [1.807, 2.05) is 17.0 Å². The van der Waals surface area contributed by atoms with Crippen molar-refractivity contribution in [3.63, 3.8) is 0 Å². The Morgan fingerprint density at radius 3 is 3.00 bits per heavy atom. The monoisotopic (exact) mass is 213 g/mol. The van der Waals surface area contributed by atoms with Gasteiger partial charge in [0, 0.05) is 12.2 Å². The molecule has 1 aromatic rings. The van der Waals surface area contributed by atoms with Crippen molar-refractivity contribution in [2.75, 3.05) is 24.7 Å². The molecule has 1 aliphatic rings. The fraction of sp³-hybridized carbons (Fsp3) is 0.333. The number of nitriles is 2. The normalized spacial score (nSPS) is 19.9. The molecule has 1 atom stereocenters. The maximum absolute atomic E-state index is 9.01. The summed E-state index contributed by atoms with van der Waals surface area (Å²) in [5, 5.41) is 17.8. The van der Waals surface area contributed by atoms with E-state index in [0.717, 1.165) is 5.69 Å². The van der Waals surface area contributed by atoms with Crippen molar-refractivity contribution in [1.82, 2.24) is 0 Å². The van der Waals surface area contributed by atoms with E-state index >= 15 is 0 Å². The molecule has 4 heteroatoms. The number of nitrogens with zero attached hydrogens (tertiary/aromatic N) is 3. The molecule has 0 aliphatic carbocycles. The Hall–Kier alpha value is -2.04. The predicted octanol–water partition coefficient (Wildman–Crippen LogP) is 1.29. The molecule has 2 rings (SSSR count). The lowest BCUT2D eigenvalue weighted by molar-refractivity contribution is 0.107. The summed E-state index contributed by atoms with van der Waals surface area (Å²) >= 11 is 0. The zero-order valence-electron chi connectivity index (χ0n) is 8.76. The number of hydrogen-bond acceptors (Lipinski definition) is 4. The largest absolute Gasteiger partial charge is 0.376 e. The fourth-order valence-electron chi connectivity index (χ4n) is 1.77. The SMILES string of the molecule is N#Cc1cccc(N2CCOCC2C#N)c1. The first-order valence-electron chi connectivity index (χ1n) is 5.09. The van der Waals surface area contributed by atoms with Crippen LogP contribution in [-0.2, 0) is 4.74 Å². The van der Waals surface area contributed by atoms with Crippen LogP contribution in [0.4, 0.5) is 5.69 Å². The molecule has 1 aromatic carbocycles. The summed E-state index contributed by atoms with van der Waals surface area (Å²) in [5.74, 6) is 0. The molecule has 0 amide bonds. The zero-order valence-corrected chi connectivity index (χ0v) is 8.76. The Bertz CT molecular complexity index is 458. The van der Waals surface area contributed by atoms with Crippen molar-refractivity contribution in [2.45, 2.75) is 6.04 Å². The van der Waals surface area contributed by atoms with Crippen LogP contribution in [0.3, 0.4) is 0 Å². The van der Waals surface area contributed by atoms with Gasteiger partial charge in [0.15, 0.2) is 0 Å². The third kappa shape index (κ3) is 1.98. The second-order valence-corrected chi connectivity index (χ2v) is 3.58. The molecule has 80 valence electrons. The lowest BCUT2D eigenvalue weighted by Gasteiger charge is -2.33. The van der Waals surface area contributed by atoms with Crippen LogP contribution in [0.1, 0.15) is 5.56 Å². The van der Waals surface area contributed by atoms with Crippen LogP contribution < -0.4 is 4.90 Å². The zero-order chi connectivity index (χ0) is 11.4. The Morgan fingerprint density at radius 2 is 2.25 bits per heavy atom. The van der Waals surface area contributed by atoms with Crippen molar-refractivity contribution < 1.29 is 4.74 Å². The summed E-state index contributed by atoms with van der Waals surface area (Å²) < 4.78 is 5.25. The predicted molar refractivity (Wildman–Crippen MR) is 58.7 cm³/mol. The number of rotatable bonds is 1. The van der Waals surface area contributed by atoms with Crippen molar-refractivity contribution >= 4 is 5.69 Å². The summed E-state index contributed by atoms with van der Waals surface area (Å²) in [6.07, 6.45) is 0. The highest BCUT2D eigenvalue weighted by Crippen LogP contribution is 2.20. The number of hydrogen-bond donors (Lipinski definition) is 0. The quantitative estimate of drug-likeness (QED) is 0.705. The minimum atomic E-state index is -0.261. The van der Waals surface area contributed by atoms with Crippen molar-refractivity contribution in [3.05, 3.63) is 29.8 Å². The third-order valence-electron chi connectivity index (χ3n) is 2.58. The lowest BCUT2D eigenvalue weighted by atomic mass is 10.1. The summed E-state index contributed by atoms with van der Waals surface area (Å²) in [4.78, 5) is 1.98. The first kappa shape index (κ1) is 10.5. The van der Waals surface area contributed by atoms with Crippen LogP contribution in [0.15, 0.2) is 24.3 Å². The number of anilines is 1. The van der Waals surface area contributed by atoms with Crippen molar-refractivity contribution in [1.29, 1.82) is 10.5 Å². The molecule has 1 saturated heterocycles. The molecule has 1 aliphatic heterocycles. The number of ether oxygens (including phenoxy) is 1. The molecule has 1 heterocycles. The molecule has 1 unspecified atom stereocenters. The van der Waals surface area contributed by atoms with Gasteiger partial charge in [-0.05, 0) is 18.2 Å². The molecule has 0 spiro atoms. The van der Waals surface area contributed by atoms with Gasteiger partial charge in [-0.2, -0.15) is 10.5 Å². The molecule has 4 nitrogen and oxygen atoms in total. The summed E-state index contributed by atoms with van der Waals surface area (Å²) in [6.45, 7) is 1.73. The first-order valence-corrected chi connectivity index (χ1v) is 5.09. The minimum absolute atomic E-state index is 0.261. The summed E-state index contributed by atoms with van der Waals surface area (Å²) in [5.41, 5.74) is 1.52. The van der Waals surface area contributed by atoms with Gasteiger partial charge in [-0.1, -0.05) is 6.07 Å². The average molecular weight is 213 g/mol. The smallest absolute Gasteiger partial charge is 0.140 e. The molecule has 0 aromatic heterocycles. The van der Waals surface area contributed by atoms with Gasteiger partial charge in [-0.3, -0.25) is 0 Å². The van der Waals surface area contributed by atoms with E-state index in [1.165, 1.54) is 0 Å². The van der Waals surface area contributed by atoms with Crippen LogP contribution in [0.5, 0.6) is 0 Å². The Labute approximate surface area is 94.3 Å². The van der Waals surface area contributed by atoms with E-state index in [4.69, 9.17) is 15.3 Å². The van der Waals surface area contributed by atoms with Crippen LogP contribution >= 0.6 is 0 Å². The molecule has 0 radical (unpaired) electrons. The third-order valence-corrected chi connectivity index (χ3v) is 2.58. The van der Waals surface area contributed by atoms with E-state index in [2.05, 4.69) is 12.1 Å². The standard InChI is InChI=1S/C12H11N3O/c13-7-10-2-1-3-11(6-10)15-4-5-16-9-12(15)8-14/h1-3,6,12H,4-5,9H2. The van der Waals surface area contributed by atoms with Gasteiger partial charge in [-0.25, -0.2) is 0 Å². The van der Waals surface area contributed by atoms with Crippen LogP contribution in [0, 0.1) is 22.7 Å². The second kappa shape index (κ2) is 4.65. The Kier molecular flexibility index (Phi) is 3.05. The lowest BCUT2D eigenvalue weighted by Crippen LogP contribution is -2.44. The highest BCUT2D eigenvalue weighted by molar-refractivity contribution is 5.53. The van der Waals surface area contributed by atoms with E-state index in [1.54, 1.807) is 12.1 Å². The van der Waals surface area contributed by atoms with Gasteiger partial charge in [-0.15, -0.1) is 0 Å². The minimum Gasteiger partial charge on any atom is -0.376 e. The fourth-order valence-corrected chi connectivity index (χ4v) is 1.77. The van der Waals surface area contributed by atoms with Crippen molar-refractivity contribution in [3.8, 4) is 12.1 Å². The van der Waals surface area contributed by atoms with E-state index in [-0.39, 0.29) is 6.04 Å². The van der Waals surface area contributed by atoms with Gasteiger partial charge >= 0.3 is 0 Å². The van der Waals surface area contributed by atoms with Gasteiger partial charge in [0.05, 0.1) is 30.9 Å². The second-order valence-electron chi connectivity index (χ2n) is 3.58.